The monoisotopic (exact) mass is 617 g/mol. The van der Waals surface area contributed by atoms with Gasteiger partial charge >= 0.3 is 18.2 Å². The van der Waals surface area contributed by atoms with Crippen LogP contribution < -0.4 is 9.80 Å². The first-order valence-corrected chi connectivity index (χ1v) is 14.5. The summed E-state index contributed by atoms with van der Waals surface area (Å²) >= 11 is 5.94. The normalized spacial score (nSPS) is 14.3. The van der Waals surface area contributed by atoms with Crippen molar-refractivity contribution in [1.29, 1.82) is 0 Å². The van der Waals surface area contributed by atoms with Gasteiger partial charge < -0.3 is 19.4 Å². The number of rotatable bonds is 10. The largest absolute Gasteiger partial charge is 0.497 e. The molecule has 0 aliphatic carbocycles. The van der Waals surface area contributed by atoms with E-state index in [1.165, 1.54) is 41.8 Å². The van der Waals surface area contributed by atoms with Gasteiger partial charge in [-0.05, 0) is 98.8 Å². The Bertz CT molecular complexity index is 1320. The summed E-state index contributed by atoms with van der Waals surface area (Å²) in [5, 5.41) is 0.686. The number of nitrogens with zero attached hydrogens (tertiary/aromatic N) is 3. The van der Waals surface area contributed by atoms with Crippen LogP contribution in [0.4, 0.5) is 23.7 Å². The molecule has 4 rings (SSSR count). The third kappa shape index (κ3) is 9.62. The number of benzene rings is 3. The Morgan fingerprint density at radius 3 is 2.19 bits per heavy atom. The molecule has 3 aromatic rings. The van der Waals surface area contributed by atoms with Crippen LogP contribution in [0.5, 0.6) is 5.75 Å². The molecule has 0 atom stereocenters. The molecule has 0 unspecified atom stereocenters. The summed E-state index contributed by atoms with van der Waals surface area (Å²) in [5.41, 5.74) is 2.01. The Hall–Kier alpha value is -3.76. The first kappa shape index (κ1) is 32.2. The average Bonchev–Trinajstić information content (AvgIpc) is 3.00. The zero-order valence-corrected chi connectivity index (χ0v) is 24.7. The number of carbonyl (C=O) groups excluding carboxylic acids is 2. The van der Waals surface area contributed by atoms with Gasteiger partial charge in [0, 0.05) is 18.1 Å². The Balaban J connectivity index is 1.44. The lowest BCUT2D eigenvalue weighted by Crippen LogP contribution is -2.47. The van der Waals surface area contributed by atoms with E-state index in [0.29, 0.717) is 34.7 Å². The second kappa shape index (κ2) is 15.1. The minimum Gasteiger partial charge on any atom is -0.497 e. The van der Waals surface area contributed by atoms with Crippen LogP contribution in [0, 0.1) is 5.92 Å². The maximum atomic E-state index is 13.8. The average molecular weight is 618 g/mol. The first-order chi connectivity index (χ1) is 20.6. The highest BCUT2D eigenvalue weighted by atomic mass is 35.5. The highest BCUT2D eigenvalue weighted by Gasteiger charge is 2.44. The van der Waals surface area contributed by atoms with Crippen LogP contribution in [0.3, 0.4) is 0 Å². The van der Waals surface area contributed by atoms with Gasteiger partial charge in [-0.25, -0.2) is 9.59 Å². The Morgan fingerprint density at radius 2 is 1.58 bits per heavy atom. The second-order valence-electron chi connectivity index (χ2n) is 10.5. The van der Waals surface area contributed by atoms with E-state index < -0.39 is 18.2 Å². The molecule has 0 spiro atoms. The number of carbonyl (C=O) groups is 2. The lowest BCUT2D eigenvalue weighted by atomic mass is 9.90. The van der Waals surface area contributed by atoms with Crippen molar-refractivity contribution in [2.24, 2.45) is 5.92 Å². The standard InChI is InChI=1S/C32H35ClF3N3O4/c1-42-29-14-8-26(9-15-29)23-38(19-5-18-37-20-16-25(17-21-37)22-24-6-3-2-4-7-24)31(41)39(43-30(40)32(34,35)36)28-12-10-27(33)11-13-28/h2-4,6-15,25H,5,16-23H2,1H3. The van der Waals surface area contributed by atoms with Crippen LogP contribution in [0.2, 0.25) is 5.02 Å². The number of hydroxylamine groups is 1. The smallest absolute Gasteiger partial charge is 0.493 e. The molecular weight excluding hydrogens is 583 g/mol. The van der Waals surface area contributed by atoms with Crippen LogP contribution in [0.15, 0.2) is 78.9 Å². The molecule has 2 amide bonds. The van der Waals surface area contributed by atoms with Crippen molar-refractivity contribution in [2.75, 3.05) is 38.4 Å². The van der Waals surface area contributed by atoms with Gasteiger partial charge in [0.1, 0.15) is 5.75 Å². The molecule has 1 aliphatic rings. The van der Waals surface area contributed by atoms with Gasteiger partial charge in [0.15, 0.2) is 0 Å². The number of piperidine rings is 1. The van der Waals surface area contributed by atoms with E-state index in [2.05, 4.69) is 34.0 Å². The number of likely N-dealkylation sites (tertiary alicyclic amines) is 1. The summed E-state index contributed by atoms with van der Waals surface area (Å²) in [6, 6.07) is 22.0. The third-order valence-corrected chi connectivity index (χ3v) is 7.67. The predicted molar refractivity (Wildman–Crippen MR) is 159 cm³/mol. The molecule has 0 N–H and O–H groups in total. The van der Waals surface area contributed by atoms with Gasteiger partial charge in [0.25, 0.3) is 0 Å². The molecule has 7 nitrogen and oxygen atoms in total. The topological polar surface area (TPSA) is 62.3 Å². The fourth-order valence-corrected chi connectivity index (χ4v) is 5.21. The van der Waals surface area contributed by atoms with E-state index in [0.717, 1.165) is 37.9 Å². The highest BCUT2D eigenvalue weighted by molar-refractivity contribution is 6.30. The number of amides is 2. The Kier molecular flexibility index (Phi) is 11.3. The van der Waals surface area contributed by atoms with Crippen LogP contribution in [0.25, 0.3) is 0 Å². The maximum Gasteiger partial charge on any atom is 0.493 e. The molecule has 3 aromatic carbocycles. The number of urea groups is 1. The number of alkyl halides is 3. The fourth-order valence-electron chi connectivity index (χ4n) is 5.08. The molecule has 0 radical (unpaired) electrons. The maximum absolute atomic E-state index is 13.8. The van der Waals surface area contributed by atoms with Crippen molar-refractivity contribution in [2.45, 2.75) is 38.4 Å². The Labute approximate surface area is 254 Å². The molecule has 230 valence electrons. The van der Waals surface area contributed by atoms with Gasteiger partial charge in [-0.1, -0.05) is 54.1 Å². The minimum atomic E-state index is -5.29. The van der Waals surface area contributed by atoms with Gasteiger partial charge in [-0.2, -0.15) is 13.2 Å². The van der Waals surface area contributed by atoms with Crippen LogP contribution in [-0.2, 0) is 22.6 Å². The second-order valence-corrected chi connectivity index (χ2v) is 11.0. The van der Waals surface area contributed by atoms with Gasteiger partial charge in [-0.15, -0.1) is 5.06 Å². The molecule has 1 saturated heterocycles. The molecule has 1 aliphatic heterocycles. The lowest BCUT2D eigenvalue weighted by Gasteiger charge is -2.33. The number of ether oxygens (including phenoxy) is 1. The molecule has 1 heterocycles. The van der Waals surface area contributed by atoms with Gasteiger partial charge in [0.05, 0.1) is 12.8 Å². The fraction of sp³-hybridized carbons (Fsp3) is 0.375. The highest BCUT2D eigenvalue weighted by Crippen LogP contribution is 2.26. The van der Waals surface area contributed by atoms with E-state index in [-0.39, 0.29) is 18.8 Å². The molecule has 0 bridgehead atoms. The lowest BCUT2D eigenvalue weighted by molar-refractivity contribution is -0.200. The van der Waals surface area contributed by atoms with E-state index in [9.17, 15) is 22.8 Å². The van der Waals surface area contributed by atoms with Crippen molar-refractivity contribution in [3.05, 3.63) is 95.0 Å². The van der Waals surface area contributed by atoms with Gasteiger partial charge in [-0.3, -0.25) is 0 Å². The molecular formula is C32H35ClF3N3O4. The number of halogens is 4. The number of anilines is 1. The molecule has 1 fully saturated rings. The molecule has 0 aromatic heterocycles. The SMILES string of the molecule is COc1ccc(CN(CCCN2CCC(Cc3ccccc3)CC2)C(=O)N(OC(=O)C(F)(F)F)c2ccc(Cl)cc2)cc1. The van der Waals surface area contributed by atoms with Crippen molar-refractivity contribution < 1.29 is 32.3 Å². The Morgan fingerprint density at radius 1 is 0.930 bits per heavy atom. The van der Waals surface area contributed by atoms with E-state index in [1.807, 2.05) is 6.07 Å². The zero-order chi connectivity index (χ0) is 30.8. The molecule has 43 heavy (non-hydrogen) atoms. The number of methoxy groups -OCH3 is 1. The van der Waals surface area contributed by atoms with Crippen LogP contribution in [-0.4, -0.2) is 61.3 Å². The van der Waals surface area contributed by atoms with E-state index >= 15 is 0 Å². The van der Waals surface area contributed by atoms with Crippen LogP contribution >= 0.6 is 11.6 Å². The summed E-state index contributed by atoms with van der Waals surface area (Å²) in [5.74, 6) is -1.26. The van der Waals surface area contributed by atoms with Crippen molar-refractivity contribution in [3.63, 3.8) is 0 Å². The summed E-state index contributed by atoms with van der Waals surface area (Å²) in [6.07, 6.45) is -1.52. The first-order valence-electron chi connectivity index (χ1n) is 14.2. The van der Waals surface area contributed by atoms with Crippen LogP contribution in [0.1, 0.15) is 30.4 Å². The molecule has 0 saturated carbocycles. The zero-order valence-electron chi connectivity index (χ0n) is 23.9. The summed E-state index contributed by atoms with van der Waals surface area (Å²) in [6.45, 7) is 2.89. The summed E-state index contributed by atoms with van der Waals surface area (Å²) in [4.78, 5) is 33.9. The molecule has 11 heteroatoms. The number of hydrogen-bond donors (Lipinski definition) is 0. The minimum absolute atomic E-state index is 0.0628. The van der Waals surface area contributed by atoms with E-state index in [4.69, 9.17) is 16.3 Å². The third-order valence-electron chi connectivity index (χ3n) is 7.42. The summed E-state index contributed by atoms with van der Waals surface area (Å²) in [7, 11) is 1.54. The van der Waals surface area contributed by atoms with Gasteiger partial charge in [0.2, 0.25) is 0 Å². The van der Waals surface area contributed by atoms with Crippen molar-refractivity contribution in [3.8, 4) is 5.75 Å². The quantitative estimate of drug-likeness (QED) is 0.226. The van der Waals surface area contributed by atoms with E-state index in [1.54, 1.807) is 24.3 Å². The van der Waals surface area contributed by atoms with Crippen molar-refractivity contribution >= 4 is 29.3 Å². The van der Waals surface area contributed by atoms with Crippen molar-refractivity contribution in [1.82, 2.24) is 9.80 Å². The predicted octanol–water partition coefficient (Wildman–Crippen LogP) is 7.14. The summed E-state index contributed by atoms with van der Waals surface area (Å²) < 4.78 is 44.7. The number of hydrogen-bond acceptors (Lipinski definition) is 5.